The first-order valence-electron chi connectivity index (χ1n) is 9.10. The van der Waals surface area contributed by atoms with Gasteiger partial charge in [-0.1, -0.05) is 6.07 Å². The number of aromatic nitrogens is 1. The maximum absolute atomic E-state index is 12.8. The van der Waals surface area contributed by atoms with E-state index < -0.39 is 24.6 Å². The van der Waals surface area contributed by atoms with Crippen LogP contribution in [0.15, 0.2) is 18.2 Å². The van der Waals surface area contributed by atoms with Gasteiger partial charge in [-0.05, 0) is 57.1 Å². The van der Waals surface area contributed by atoms with E-state index in [-0.39, 0.29) is 30.5 Å². The van der Waals surface area contributed by atoms with Gasteiger partial charge in [-0.15, -0.1) is 0 Å². The second-order valence-electron chi connectivity index (χ2n) is 7.21. The minimum absolute atomic E-state index is 0.0908. The quantitative estimate of drug-likeness (QED) is 0.857. The maximum Gasteiger partial charge on any atom is 0.417 e. The van der Waals surface area contributed by atoms with Gasteiger partial charge in [0.15, 0.2) is 5.60 Å². The summed E-state index contributed by atoms with van der Waals surface area (Å²) < 4.78 is 38.5. The molecule has 8 heteroatoms. The molecular formula is C18H24F3N3O2. The predicted molar refractivity (Wildman–Crippen MR) is 91.0 cm³/mol. The van der Waals surface area contributed by atoms with Crippen molar-refractivity contribution in [1.29, 1.82) is 0 Å². The van der Waals surface area contributed by atoms with Crippen LogP contribution in [0.5, 0.6) is 0 Å². The molecule has 1 amide bonds. The van der Waals surface area contributed by atoms with Crippen LogP contribution in [-0.4, -0.2) is 46.9 Å². The van der Waals surface area contributed by atoms with Gasteiger partial charge in [0.1, 0.15) is 11.5 Å². The SMILES string of the molecule is O=C(NC1CCC(O)(C(F)(F)F)CC1)c1cccc(N2CCCCC2)n1. The van der Waals surface area contributed by atoms with Crippen LogP contribution in [-0.2, 0) is 0 Å². The highest BCUT2D eigenvalue weighted by Crippen LogP contribution is 2.41. The molecule has 2 fully saturated rings. The molecule has 1 aromatic heterocycles. The fourth-order valence-corrected chi connectivity index (χ4v) is 3.63. The van der Waals surface area contributed by atoms with Crippen molar-refractivity contribution in [2.24, 2.45) is 0 Å². The smallest absolute Gasteiger partial charge is 0.380 e. The number of hydrogen-bond donors (Lipinski definition) is 2. The lowest BCUT2D eigenvalue weighted by molar-refractivity contribution is -0.270. The molecule has 1 aliphatic heterocycles. The van der Waals surface area contributed by atoms with E-state index >= 15 is 0 Å². The lowest BCUT2D eigenvalue weighted by Gasteiger charge is -2.37. The summed E-state index contributed by atoms with van der Waals surface area (Å²) in [5.74, 6) is 0.374. The monoisotopic (exact) mass is 371 g/mol. The molecule has 0 unspecified atom stereocenters. The number of rotatable bonds is 3. The Morgan fingerprint density at radius 2 is 1.85 bits per heavy atom. The Morgan fingerprint density at radius 1 is 1.19 bits per heavy atom. The van der Waals surface area contributed by atoms with Gasteiger partial charge in [0.2, 0.25) is 0 Å². The lowest BCUT2D eigenvalue weighted by Crippen LogP contribution is -2.51. The van der Waals surface area contributed by atoms with Crippen LogP contribution in [0.25, 0.3) is 0 Å². The summed E-state index contributed by atoms with van der Waals surface area (Å²) in [6, 6.07) is 4.87. The van der Waals surface area contributed by atoms with Crippen molar-refractivity contribution < 1.29 is 23.1 Å². The first-order valence-corrected chi connectivity index (χ1v) is 9.10. The van der Waals surface area contributed by atoms with Crippen LogP contribution in [0.3, 0.4) is 0 Å². The molecular weight excluding hydrogens is 347 g/mol. The Labute approximate surface area is 150 Å². The van der Waals surface area contributed by atoms with Gasteiger partial charge in [0, 0.05) is 19.1 Å². The summed E-state index contributed by atoms with van der Waals surface area (Å²) in [6.45, 7) is 1.83. The number of carbonyl (C=O) groups is 1. The number of pyridine rings is 1. The van der Waals surface area contributed by atoms with Crippen LogP contribution >= 0.6 is 0 Å². The van der Waals surface area contributed by atoms with Crippen LogP contribution in [0.4, 0.5) is 19.0 Å². The molecule has 1 aromatic rings. The molecule has 1 saturated carbocycles. The van der Waals surface area contributed by atoms with Crippen molar-refractivity contribution >= 4 is 11.7 Å². The van der Waals surface area contributed by atoms with Crippen LogP contribution in [0.1, 0.15) is 55.4 Å². The molecule has 26 heavy (non-hydrogen) atoms. The fourth-order valence-electron chi connectivity index (χ4n) is 3.63. The largest absolute Gasteiger partial charge is 0.417 e. The highest BCUT2D eigenvalue weighted by Gasteiger charge is 2.54. The Hall–Kier alpha value is -1.83. The van der Waals surface area contributed by atoms with E-state index in [1.165, 1.54) is 6.42 Å². The molecule has 0 aromatic carbocycles. The second-order valence-corrected chi connectivity index (χ2v) is 7.21. The standard InChI is InChI=1S/C18H24F3N3O2/c19-18(20,21)17(26)9-7-13(8-10-17)22-16(25)14-5-4-6-15(23-14)24-11-2-1-3-12-24/h4-6,13,26H,1-3,7-12H2,(H,22,25). The minimum Gasteiger partial charge on any atom is -0.380 e. The number of nitrogens with one attached hydrogen (secondary N) is 1. The van der Waals surface area contributed by atoms with Crippen LogP contribution < -0.4 is 10.2 Å². The molecule has 2 heterocycles. The number of piperidine rings is 1. The molecule has 2 aliphatic rings. The second kappa shape index (κ2) is 7.42. The van der Waals surface area contributed by atoms with Crippen molar-refractivity contribution in [2.45, 2.75) is 62.8 Å². The molecule has 144 valence electrons. The number of carbonyl (C=O) groups excluding carboxylic acids is 1. The molecule has 0 radical (unpaired) electrons. The van der Waals surface area contributed by atoms with E-state index in [2.05, 4.69) is 15.2 Å². The third-order valence-electron chi connectivity index (χ3n) is 5.32. The molecule has 5 nitrogen and oxygen atoms in total. The highest BCUT2D eigenvalue weighted by molar-refractivity contribution is 5.92. The molecule has 1 saturated heterocycles. The molecule has 0 spiro atoms. The number of alkyl halides is 3. The predicted octanol–water partition coefficient (Wildman–Crippen LogP) is 3.04. The third kappa shape index (κ3) is 4.11. The molecule has 3 rings (SSSR count). The zero-order valence-corrected chi connectivity index (χ0v) is 14.6. The Morgan fingerprint density at radius 3 is 2.46 bits per heavy atom. The third-order valence-corrected chi connectivity index (χ3v) is 5.32. The number of anilines is 1. The minimum atomic E-state index is -4.63. The molecule has 0 bridgehead atoms. The average molecular weight is 371 g/mol. The van der Waals surface area contributed by atoms with Gasteiger partial charge >= 0.3 is 6.18 Å². The van der Waals surface area contributed by atoms with Crippen molar-refractivity contribution in [3.8, 4) is 0 Å². The summed E-state index contributed by atoms with van der Waals surface area (Å²) in [7, 11) is 0. The first-order chi connectivity index (χ1) is 12.3. The number of nitrogens with zero attached hydrogens (tertiary/aromatic N) is 2. The average Bonchev–Trinajstić information content (AvgIpc) is 2.63. The highest BCUT2D eigenvalue weighted by atomic mass is 19.4. The summed E-state index contributed by atoms with van der Waals surface area (Å²) in [5.41, 5.74) is -2.37. The van der Waals surface area contributed by atoms with Crippen molar-refractivity contribution in [2.75, 3.05) is 18.0 Å². The van der Waals surface area contributed by atoms with E-state index in [0.29, 0.717) is 0 Å². The molecule has 0 atom stereocenters. The lowest BCUT2D eigenvalue weighted by atomic mass is 9.81. The van der Waals surface area contributed by atoms with E-state index in [1.54, 1.807) is 12.1 Å². The topological polar surface area (TPSA) is 65.5 Å². The van der Waals surface area contributed by atoms with Gasteiger partial charge in [-0.25, -0.2) is 4.98 Å². The number of halogens is 3. The Kier molecular flexibility index (Phi) is 5.41. The van der Waals surface area contributed by atoms with Gasteiger partial charge in [0.25, 0.3) is 5.91 Å². The summed E-state index contributed by atoms with van der Waals surface area (Å²) in [4.78, 5) is 19.0. The van der Waals surface area contributed by atoms with E-state index in [9.17, 15) is 23.1 Å². The number of hydrogen-bond acceptors (Lipinski definition) is 4. The molecule has 1 aliphatic carbocycles. The van der Waals surface area contributed by atoms with E-state index in [4.69, 9.17) is 0 Å². The number of amides is 1. The zero-order valence-electron chi connectivity index (χ0n) is 14.6. The van der Waals surface area contributed by atoms with Crippen molar-refractivity contribution in [3.63, 3.8) is 0 Å². The van der Waals surface area contributed by atoms with Gasteiger partial charge < -0.3 is 15.3 Å². The zero-order chi connectivity index (χ0) is 18.8. The molecule has 2 N–H and O–H groups in total. The maximum atomic E-state index is 12.8. The Bertz CT molecular complexity index is 637. The normalized spacial score (nSPS) is 27.2. The summed E-state index contributed by atoms with van der Waals surface area (Å²) in [5, 5.41) is 12.5. The van der Waals surface area contributed by atoms with Crippen LogP contribution in [0.2, 0.25) is 0 Å². The summed E-state index contributed by atoms with van der Waals surface area (Å²) in [6.07, 6.45) is -1.86. The van der Waals surface area contributed by atoms with Crippen molar-refractivity contribution in [1.82, 2.24) is 10.3 Å². The van der Waals surface area contributed by atoms with Gasteiger partial charge in [-0.2, -0.15) is 13.2 Å². The van der Waals surface area contributed by atoms with E-state index in [1.807, 2.05) is 6.07 Å². The van der Waals surface area contributed by atoms with Gasteiger partial charge in [-0.3, -0.25) is 4.79 Å². The summed E-state index contributed by atoms with van der Waals surface area (Å²) >= 11 is 0. The van der Waals surface area contributed by atoms with Crippen molar-refractivity contribution in [3.05, 3.63) is 23.9 Å². The van der Waals surface area contributed by atoms with Gasteiger partial charge in [0.05, 0.1) is 0 Å². The van der Waals surface area contributed by atoms with Crippen LogP contribution in [0, 0.1) is 0 Å². The first kappa shape index (κ1) is 18.9. The Balaban J connectivity index is 1.59. The van der Waals surface area contributed by atoms with E-state index in [0.717, 1.165) is 31.7 Å². The fraction of sp³-hybridized carbons (Fsp3) is 0.667. The number of aliphatic hydroxyl groups is 1.